The van der Waals surface area contributed by atoms with E-state index in [1.54, 1.807) is 18.9 Å². The summed E-state index contributed by atoms with van der Waals surface area (Å²) in [5.41, 5.74) is 3.80. The van der Waals surface area contributed by atoms with E-state index < -0.39 is 11.4 Å². The van der Waals surface area contributed by atoms with Crippen LogP contribution in [0.4, 0.5) is 14.9 Å². The number of carbonyl (C=O) groups is 1. The topological polar surface area (TPSA) is 87.9 Å². The molecule has 0 spiro atoms. The van der Waals surface area contributed by atoms with Gasteiger partial charge >= 0.3 is 6.09 Å². The van der Waals surface area contributed by atoms with Gasteiger partial charge in [0.15, 0.2) is 12.6 Å². The van der Waals surface area contributed by atoms with Crippen molar-refractivity contribution in [1.82, 2.24) is 9.88 Å². The van der Waals surface area contributed by atoms with Crippen LogP contribution in [-0.2, 0) is 22.3 Å². The number of nitriles is 1. The summed E-state index contributed by atoms with van der Waals surface area (Å²) >= 11 is 1.54. The lowest BCUT2D eigenvalue weighted by molar-refractivity contribution is 0.0232. The molecule has 8 nitrogen and oxygen atoms in total. The first-order valence-corrected chi connectivity index (χ1v) is 17.9. The van der Waals surface area contributed by atoms with Gasteiger partial charge in [0, 0.05) is 49.1 Å². The Morgan fingerprint density at radius 3 is 2.75 bits per heavy atom. The highest BCUT2D eigenvalue weighted by Crippen LogP contribution is 2.51. The van der Waals surface area contributed by atoms with Gasteiger partial charge in [0.1, 0.15) is 21.9 Å². The molecule has 1 saturated carbocycles. The summed E-state index contributed by atoms with van der Waals surface area (Å²) in [7, 11) is 1.56. The number of rotatable bonds is 8. The Bertz CT molecular complexity index is 1950. The van der Waals surface area contributed by atoms with E-state index in [1.807, 2.05) is 68.3 Å². The third kappa shape index (κ3) is 5.61. The SMILES string of the molecule is COCOc1cc(-c2c(CCC#N)cc3c4c(c(SC)nc3c2F)CCCN4C2C3CC2N(C(=O)OC(C)(C)C)C3)c2ccccc2c1. The Labute approximate surface area is 285 Å². The fourth-order valence-corrected chi connectivity index (χ4v) is 8.56. The van der Waals surface area contributed by atoms with Gasteiger partial charge in [-0.25, -0.2) is 14.2 Å². The maximum absolute atomic E-state index is 17.4. The maximum Gasteiger partial charge on any atom is 0.410 e. The molecule has 1 amide bonds. The van der Waals surface area contributed by atoms with Gasteiger partial charge in [0.25, 0.3) is 0 Å². The van der Waals surface area contributed by atoms with Gasteiger partial charge in [0.2, 0.25) is 0 Å². The number of aryl methyl sites for hydroxylation is 1. The van der Waals surface area contributed by atoms with Gasteiger partial charge in [-0.3, -0.25) is 0 Å². The van der Waals surface area contributed by atoms with E-state index in [-0.39, 0.29) is 31.4 Å². The first-order valence-electron chi connectivity index (χ1n) is 16.6. The summed E-state index contributed by atoms with van der Waals surface area (Å²) in [5.74, 6) is 0.489. The summed E-state index contributed by atoms with van der Waals surface area (Å²) in [6, 6.07) is 16.2. The Kier molecular flexibility index (Phi) is 8.63. The molecule has 3 fully saturated rings. The Hall–Kier alpha value is -4.07. The minimum absolute atomic E-state index is 0.0418. The zero-order chi connectivity index (χ0) is 33.7. The number of anilines is 1. The number of aromatic nitrogens is 1. The molecule has 3 aromatic carbocycles. The van der Waals surface area contributed by atoms with E-state index in [9.17, 15) is 10.1 Å². The second-order valence-electron chi connectivity index (χ2n) is 14.0. The number of hydrogen-bond acceptors (Lipinski definition) is 8. The standard InChI is InChI=1S/C38H41FN4O4S/c1-38(2,3)47-37(44)43-20-24-18-30(43)34(24)42-15-9-13-27-35(42)29-17-23(11-8-14-40)31(32(39)33(29)41-36(27)48-5)28-19-25(46-21-45-4)16-22-10-6-7-12-26(22)28/h6-7,10,12,16-17,19,24,30,34H,8-9,11,13,15,18,20-21H2,1-5H3. The lowest BCUT2D eigenvalue weighted by Crippen LogP contribution is -2.57. The predicted molar refractivity (Wildman–Crippen MR) is 187 cm³/mol. The Morgan fingerprint density at radius 1 is 1.19 bits per heavy atom. The fourth-order valence-electron chi connectivity index (χ4n) is 7.93. The Morgan fingerprint density at radius 2 is 2.00 bits per heavy atom. The maximum atomic E-state index is 17.4. The van der Waals surface area contributed by atoms with Crippen molar-refractivity contribution in [2.24, 2.45) is 5.92 Å². The van der Waals surface area contributed by atoms with Crippen LogP contribution in [0.25, 0.3) is 32.8 Å². The van der Waals surface area contributed by atoms with E-state index in [2.05, 4.69) is 17.0 Å². The molecule has 4 aromatic rings. The largest absolute Gasteiger partial charge is 0.468 e. The van der Waals surface area contributed by atoms with E-state index in [0.717, 1.165) is 63.8 Å². The normalized spacial score (nSPS) is 20.1. The molecule has 3 unspecified atom stereocenters. The number of benzene rings is 3. The van der Waals surface area contributed by atoms with Crippen molar-refractivity contribution in [3.63, 3.8) is 0 Å². The number of fused-ring (bicyclic) bond motifs is 5. The summed E-state index contributed by atoms with van der Waals surface area (Å²) in [4.78, 5) is 22.5. The van der Waals surface area contributed by atoms with Crippen molar-refractivity contribution in [3.8, 4) is 22.9 Å². The molecule has 8 rings (SSSR count). The molecule has 4 heterocycles. The molecule has 2 saturated heterocycles. The molecular weight excluding hydrogens is 628 g/mol. The Balaban J connectivity index is 1.41. The number of nitrogens with zero attached hydrogens (tertiary/aromatic N) is 4. The van der Waals surface area contributed by atoms with E-state index >= 15 is 4.39 Å². The van der Waals surface area contributed by atoms with Crippen molar-refractivity contribution in [2.75, 3.05) is 38.1 Å². The monoisotopic (exact) mass is 668 g/mol. The van der Waals surface area contributed by atoms with Gasteiger partial charge in [-0.2, -0.15) is 5.26 Å². The second kappa shape index (κ2) is 12.8. The van der Waals surface area contributed by atoms with Crippen molar-refractivity contribution in [2.45, 2.75) is 75.6 Å². The van der Waals surface area contributed by atoms with Crippen LogP contribution in [0.5, 0.6) is 5.75 Å². The van der Waals surface area contributed by atoms with E-state index in [4.69, 9.17) is 19.2 Å². The summed E-state index contributed by atoms with van der Waals surface area (Å²) in [6.07, 6.45) is 5.11. The molecule has 3 atom stereocenters. The van der Waals surface area contributed by atoms with Gasteiger partial charge in [-0.05, 0) is 92.8 Å². The summed E-state index contributed by atoms with van der Waals surface area (Å²) < 4.78 is 34.3. The number of halogens is 1. The third-order valence-corrected chi connectivity index (χ3v) is 10.6. The number of amides is 1. The average molecular weight is 669 g/mol. The molecule has 0 N–H and O–H groups in total. The highest BCUT2D eigenvalue weighted by molar-refractivity contribution is 7.98. The van der Waals surface area contributed by atoms with Gasteiger partial charge in [-0.15, -0.1) is 11.8 Å². The van der Waals surface area contributed by atoms with Gasteiger partial charge in [-0.1, -0.05) is 24.3 Å². The lowest BCUT2D eigenvalue weighted by atomic mass is 9.77. The summed E-state index contributed by atoms with van der Waals surface area (Å²) in [5, 5.41) is 13.1. The first-order chi connectivity index (χ1) is 23.1. The number of methoxy groups -OCH3 is 1. The molecule has 250 valence electrons. The summed E-state index contributed by atoms with van der Waals surface area (Å²) in [6.45, 7) is 7.23. The van der Waals surface area contributed by atoms with Gasteiger partial charge < -0.3 is 24.0 Å². The quantitative estimate of drug-likeness (QED) is 0.138. The number of pyridine rings is 1. The van der Waals surface area contributed by atoms with E-state index in [0.29, 0.717) is 41.3 Å². The third-order valence-electron chi connectivity index (χ3n) is 9.84. The minimum Gasteiger partial charge on any atom is -0.468 e. The molecule has 1 aromatic heterocycles. The smallest absolute Gasteiger partial charge is 0.410 e. The second-order valence-corrected chi connectivity index (χ2v) is 14.7. The van der Waals surface area contributed by atoms with Gasteiger partial charge in [0.05, 0.1) is 23.8 Å². The number of carbonyl (C=O) groups excluding carboxylic acids is 1. The molecule has 3 aliphatic heterocycles. The van der Waals surface area contributed by atoms with Crippen LogP contribution in [0.3, 0.4) is 0 Å². The van der Waals surface area contributed by atoms with E-state index in [1.165, 1.54) is 0 Å². The highest BCUT2D eigenvalue weighted by atomic mass is 32.2. The fraction of sp³-hybridized carbons (Fsp3) is 0.447. The highest BCUT2D eigenvalue weighted by Gasteiger charge is 2.57. The first kappa shape index (κ1) is 32.5. The number of thioether (sulfide) groups is 1. The van der Waals surface area contributed by atoms with Crippen LogP contribution < -0.4 is 9.64 Å². The van der Waals surface area contributed by atoms with Crippen LogP contribution in [0.2, 0.25) is 0 Å². The zero-order valence-corrected chi connectivity index (χ0v) is 29.0. The molecule has 2 bridgehead atoms. The molecule has 10 heteroatoms. The van der Waals surface area contributed by atoms with Crippen LogP contribution in [0.15, 0.2) is 47.5 Å². The van der Waals surface area contributed by atoms with Crippen LogP contribution in [-0.4, -0.2) is 66.9 Å². The van der Waals surface area contributed by atoms with Crippen molar-refractivity contribution < 1.29 is 23.4 Å². The van der Waals surface area contributed by atoms with Crippen molar-refractivity contribution >= 4 is 45.2 Å². The molecule has 48 heavy (non-hydrogen) atoms. The number of hydrogen-bond donors (Lipinski definition) is 0. The number of ether oxygens (including phenoxy) is 3. The zero-order valence-electron chi connectivity index (χ0n) is 28.1. The minimum atomic E-state index is -0.567. The lowest BCUT2D eigenvalue weighted by Gasteiger charge is -2.48. The van der Waals surface area contributed by atoms with Crippen molar-refractivity contribution in [1.29, 1.82) is 5.26 Å². The van der Waals surface area contributed by atoms with Crippen LogP contribution in [0.1, 0.15) is 51.2 Å². The van der Waals surface area contributed by atoms with Crippen LogP contribution >= 0.6 is 11.8 Å². The van der Waals surface area contributed by atoms with Crippen molar-refractivity contribution in [3.05, 3.63) is 59.4 Å². The molecule has 4 aliphatic rings. The molecule has 1 aliphatic carbocycles. The average Bonchev–Trinajstić information content (AvgIpc) is 3.67. The molecular formula is C38H41FN4O4S. The predicted octanol–water partition coefficient (Wildman–Crippen LogP) is 8.12. The van der Waals surface area contributed by atoms with Crippen LogP contribution in [0, 0.1) is 23.1 Å². The molecule has 0 radical (unpaired) electrons.